The molecule has 0 aromatic carbocycles. The Labute approximate surface area is 130 Å². The predicted molar refractivity (Wildman–Crippen MR) is 85.6 cm³/mol. The Morgan fingerprint density at radius 2 is 1.76 bits per heavy atom. The predicted octanol–water partition coefficient (Wildman–Crippen LogP) is 2.37. The molecule has 2 saturated carbocycles. The van der Waals surface area contributed by atoms with Crippen molar-refractivity contribution < 1.29 is 9.00 Å². The van der Waals surface area contributed by atoms with Crippen molar-refractivity contribution >= 4 is 16.8 Å². The van der Waals surface area contributed by atoms with E-state index in [9.17, 15) is 9.00 Å². The molecule has 2 unspecified atom stereocenters. The topological polar surface area (TPSA) is 49.4 Å². The van der Waals surface area contributed by atoms with Crippen LogP contribution in [0.2, 0.25) is 0 Å². The fraction of sp³-hybridized carbons (Fsp3) is 0.938. The van der Waals surface area contributed by atoms with E-state index in [0.717, 1.165) is 42.7 Å². The van der Waals surface area contributed by atoms with Gasteiger partial charge in [-0.05, 0) is 43.4 Å². The molecule has 0 spiro atoms. The van der Waals surface area contributed by atoms with Crippen LogP contribution in [0.15, 0.2) is 0 Å². The molecule has 1 heterocycles. The van der Waals surface area contributed by atoms with Gasteiger partial charge in [-0.25, -0.2) is 4.79 Å². The van der Waals surface area contributed by atoms with E-state index in [-0.39, 0.29) is 12.1 Å². The van der Waals surface area contributed by atoms with Gasteiger partial charge in [-0.1, -0.05) is 19.3 Å². The SMILES string of the molecule is CN(C(=O)NCC1CC2CCCC2C1)C1CCS(=O)CC1. The number of carbonyl (C=O) groups excluding carboxylic acids is 1. The van der Waals surface area contributed by atoms with Crippen LogP contribution in [0.25, 0.3) is 0 Å². The average molecular weight is 312 g/mol. The van der Waals surface area contributed by atoms with E-state index >= 15 is 0 Å². The molecule has 3 fully saturated rings. The molecule has 2 aliphatic carbocycles. The lowest BCUT2D eigenvalue weighted by atomic mass is 10.0. The highest BCUT2D eigenvalue weighted by Gasteiger charge is 2.37. The zero-order valence-electron chi connectivity index (χ0n) is 13.1. The number of hydrogen-bond acceptors (Lipinski definition) is 2. The summed E-state index contributed by atoms with van der Waals surface area (Å²) in [6.07, 6.45) is 8.63. The van der Waals surface area contributed by atoms with E-state index in [4.69, 9.17) is 0 Å². The molecule has 1 saturated heterocycles. The number of nitrogens with one attached hydrogen (secondary N) is 1. The van der Waals surface area contributed by atoms with Crippen LogP contribution >= 0.6 is 0 Å². The summed E-state index contributed by atoms with van der Waals surface area (Å²) >= 11 is 0. The highest BCUT2D eigenvalue weighted by atomic mass is 32.2. The summed E-state index contributed by atoms with van der Waals surface area (Å²) in [5, 5.41) is 3.13. The minimum Gasteiger partial charge on any atom is -0.338 e. The van der Waals surface area contributed by atoms with Gasteiger partial charge < -0.3 is 10.2 Å². The second-order valence-corrected chi connectivity index (χ2v) is 8.86. The maximum absolute atomic E-state index is 12.3. The standard InChI is InChI=1S/C16H28N2O2S/c1-18(15-5-7-21(20)8-6-15)16(19)17-11-12-9-13-3-2-4-14(13)10-12/h12-15H,2-11H2,1H3,(H,17,19). The van der Waals surface area contributed by atoms with Gasteiger partial charge in [-0.15, -0.1) is 0 Å². The third-order valence-corrected chi connectivity index (χ3v) is 7.24. The van der Waals surface area contributed by atoms with Crippen molar-refractivity contribution in [3.8, 4) is 0 Å². The lowest BCUT2D eigenvalue weighted by Crippen LogP contribution is -2.47. The minimum absolute atomic E-state index is 0.0599. The smallest absolute Gasteiger partial charge is 0.317 e. The first-order chi connectivity index (χ1) is 10.1. The van der Waals surface area contributed by atoms with Crippen LogP contribution in [0, 0.1) is 17.8 Å². The molecule has 21 heavy (non-hydrogen) atoms. The number of fused-ring (bicyclic) bond motifs is 1. The van der Waals surface area contributed by atoms with E-state index in [0.29, 0.717) is 5.92 Å². The van der Waals surface area contributed by atoms with Crippen LogP contribution in [-0.2, 0) is 10.8 Å². The van der Waals surface area contributed by atoms with Gasteiger partial charge in [0.15, 0.2) is 0 Å². The average Bonchev–Trinajstić information content (AvgIpc) is 3.06. The first-order valence-corrected chi connectivity index (χ1v) is 9.98. The largest absolute Gasteiger partial charge is 0.338 e. The van der Waals surface area contributed by atoms with Crippen LogP contribution in [0.3, 0.4) is 0 Å². The molecule has 5 heteroatoms. The Kier molecular flexibility index (Phi) is 4.87. The zero-order valence-corrected chi connectivity index (χ0v) is 13.9. The summed E-state index contributed by atoms with van der Waals surface area (Å²) < 4.78 is 11.4. The first-order valence-electron chi connectivity index (χ1n) is 8.49. The molecule has 120 valence electrons. The Bertz CT molecular complexity index is 393. The van der Waals surface area contributed by atoms with Crippen molar-refractivity contribution in [3.05, 3.63) is 0 Å². The summed E-state index contributed by atoms with van der Waals surface area (Å²) in [5.74, 6) is 4.06. The molecule has 2 atom stereocenters. The van der Waals surface area contributed by atoms with Crippen LogP contribution in [0.4, 0.5) is 4.79 Å². The lowest BCUT2D eigenvalue weighted by molar-refractivity contribution is 0.184. The van der Waals surface area contributed by atoms with Crippen LogP contribution in [-0.4, -0.2) is 46.3 Å². The second kappa shape index (κ2) is 6.67. The van der Waals surface area contributed by atoms with Crippen LogP contribution in [0.1, 0.15) is 44.9 Å². The van der Waals surface area contributed by atoms with Gasteiger partial charge in [0.25, 0.3) is 0 Å². The molecule has 2 amide bonds. The van der Waals surface area contributed by atoms with Gasteiger partial charge in [-0.2, -0.15) is 0 Å². The van der Waals surface area contributed by atoms with Gasteiger partial charge >= 0.3 is 6.03 Å². The molecule has 1 aliphatic heterocycles. The minimum atomic E-state index is -0.657. The van der Waals surface area contributed by atoms with Gasteiger partial charge in [0.1, 0.15) is 0 Å². The third kappa shape index (κ3) is 3.61. The van der Waals surface area contributed by atoms with Crippen molar-refractivity contribution in [2.45, 2.75) is 51.0 Å². The Hall–Kier alpha value is -0.580. The maximum atomic E-state index is 12.3. The van der Waals surface area contributed by atoms with Gasteiger partial charge in [0, 0.05) is 41.9 Å². The molecule has 0 aromatic rings. The molecule has 4 nitrogen and oxygen atoms in total. The molecular weight excluding hydrogens is 284 g/mol. The number of nitrogens with zero attached hydrogens (tertiary/aromatic N) is 1. The molecule has 0 aromatic heterocycles. The second-order valence-electron chi connectivity index (χ2n) is 7.16. The first kappa shape index (κ1) is 15.3. The molecule has 3 rings (SSSR count). The summed E-state index contributed by atoms with van der Waals surface area (Å²) in [4.78, 5) is 14.1. The fourth-order valence-electron chi connectivity index (χ4n) is 4.54. The monoisotopic (exact) mass is 312 g/mol. The van der Waals surface area contributed by atoms with E-state index in [1.807, 2.05) is 11.9 Å². The van der Waals surface area contributed by atoms with Crippen molar-refractivity contribution in [3.63, 3.8) is 0 Å². The van der Waals surface area contributed by atoms with E-state index < -0.39 is 10.8 Å². The Morgan fingerprint density at radius 3 is 2.38 bits per heavy atom. The number of carbonyl (C=O) groups is 1. The number of hydrogen-bond donors (Lipinski definition) is 1. The van der Waals surface area contributed by atoms with Crippen molar-refractivity contribution in [1.29, 1.82) is 0 Å². The van der Waals surface area contributed by atoms with Crippen molar-refractivity contribution in [1.82, 2.24) is 10.2 Å². The normalized spacial score (nSPS) is 39.0. The Morgan fingerprint density at radius 1 is 1.14 bits per heavy atom. The lowest BCUT2D eigenvalue weighted by Gasteiger charge is -2.31. The summed E-state index contributed by atoms with van der Waals surface area (Å²) in [6, 6.07) is 0.329. The highest BCUT2D eigenvalue weighted by molar-refractivity contribution is 7.85. The molecular formula is C16H28N2O2S. The fourth-order valence-corrected chi connectivity index (χ4v) is 5.82. The third-order valence-electron chi connectivity index (χ3n) is 5.86. The maximum Gasteiger partial charge on any atom is 0.317 e. The van der Waals surface area contributed by atoms with E-state index in [2.05, 4.69) is 5.32 Å². The molecule has 3 aliphatic rings. The highest BCUT2D eigenvalue weighted by Crippen LogP contribution is 2.46. The number of rotatable bonds is 3. The van der Waals surface area contributed by atoms with Gasteiger partial charge in [0.05, 0.1) is 0 Å². The van der Waals surface area contributed by atoms with Crippen LogP contribution in [0.5, 0.6) is 0 Å². The quantitative estimate of drug-likeness (QED) is 0.870. The van der Waals surface area contributed by atoms with Gasteiger partial charge in [-0.3, -0.25) is 4.21 Å². The molecule has 0 bridgehead atoms. The Balaban J connectivity index is 1.40. The zero-order chi connectivity index (χ0) is 14.8. The number of urea groups is 1. The molecule has 1 N–H and O–H groups in total. The van der Waals surface area contributed by atoms with E-state index in [1.165, 1.54) is 32.1 Å². The van der Waals surface area contributed by atoms with E-state index in [1.54, 1.807) is 0 Å². The molecule has 0 radical (unpaired) electrons. The number of amides is 2. The van der Waals surface area contributed by atoms with Crippen molar-refractivity contribution in [2.24, 2.45) is 17.8 Å². The summed E-state index contributed by atoms with van der Waals surface area (Å²) in [6.45, 7) is 0.842. The summed E-state index contributed by atoms with van der Waals surface area (Å²) in [7, 11) is 1.23. The van der Waals surface area contributed by atoms with Crippen LogP contribution < -0.4 is 5.32 Å². The summed E-state index contributed by atoms with van der Waals surface area (Å²) in [5.41, 5.74) is 0. The van der Waals surface area contributed by atoms with Gasteiger partial charge in [0.2, 0.25) is 0 Å². The van der Waals surface area contributed by atoms with Crippen molar-refractivity contribution in [2.75, 3.05) is 25.1 Å².